The summed E-state index contributed by atoms with van der Waals surface area (Å²) in [5.74, 6) is 1.68. The summed E-state index contributed by atoms with van der Waals surface area (Å²) in [4.78, 5) is 0. The third-order valence-electron chi connectivity index (χ3n) is 3.71. The quantitative estimate of drug-likeness (QED) is 0.738. The lowest BCUT2D eigenvalue weighted by atomic mass is 10.1. The maximum Gasteiger partial charge on any atom is 0.313 e. The van der Waals surface area contributed by atoms with Crippen LogP contribution in [0.5, 0.6) is 11.5 Å². The molecule has 128 valence electrons. The number of anilines is 1. The van der Waals surface area contributed by atoms with Gasteiger partial charge in [0.25, 0.3) is 0 Å². The fourth-order valence-corrected chi connectivity index (χ4v) is 2.32. The lowest BCUT2D eigenvalue weighted by molar-refractivity contribution is 0.284. The number of hydrogen-bond acceptors (Lipinski definition) is 6. The standard InChI is InChI=1S/C19H19N3O3/c1-13-5-3-4-6-15(13)12-24-17-11-14(7-9-16(17)23-2)8-10-18-21-22-19(20)25-18/h3-11H,12H2,1-2H3,(H2,20,22)/b10-8+. The van der Waals surface area contributed by atoms with Crippen molar-refractivity contribution in [1.82, 2.24) is 10.2 Å². The summed E-state index contributed by atoms with van der Waals surface area (Å²) < 4.78 is 16.5. The van der Waals surface area contributed by atoms with Crippen molar-refractivity contribution in [2.75, 3.05) is 12.8 Å². The van der Waals surface area contributed by atoms with Crippen LogP contribution in [0.1, 0.15) is 22.6 Å². The monoisotopic (exact) mass is 337 g/mol. The predicted octanol–water partition coefficient (Wildman–Crippen LogP) is 3.72. The Hall–Kier alpha value is -3.28. The lowest BCUT2D eigenvalue weighted by Gasteiger charge is -2.12. The molecule has 6 heteroatoms. The van der Waals surface area contributed by atoms with Crippen LogP contribution in [0, 0.1) is 6.92 Å². The minimum Gasteiger partial charge on any atom is -0.493 e. The highest BCUT2D eigenvalue weighted by Gasteiger charge is 2.07. The van der Waals surface area contributed by atoms with Gasteiger partial charge < -0.3 is 19.6 Å². The molecule has 1 aromatic heterocycles. The number of hydrogen-bond donors (Lipinski definition) is 1. The number of nitrogens with zero attached hydrogens (tertiary/aromatic N) is 2. The Morgan fingerprint density at radius 3 is 2.64 bits per heavy atom. The highest BCUT2D eigenvalue weighted by molar-refractivity contribution is 5.68. The second-order valence-electron chi connectivity index (χ2n) is 5.44. The third-order valence-corrected chi connectivity index (χ3v) is 3.71. The lowest BCUT2D eigenvalue weighted by Crippen LogP contribution is -1.99. The van der Waals surface area contributed by atoms with Crippen molar-refractivity contribution < 1.29 is 13.9 Å². The topological polar surface area (TPSA) is 83.4 Å². The molecule has 6 nitrogen and oxygen atoms in total. The minimum absolute atomic E-state index is 0.0386. The Bertz CT molecular complexity index is 887. The summed E-state index contributed by atoms with van der Waals surface area (Å²) in [5.41, 5.74) is 8.64. The van der Waals surface area contributed by atoms with Gasteiger partial charge >= 0.3 is 6.01 Å². The first-order valence-corrected chi connectivity index (χ1v) is 7.78. The van der Waals surface area contributed by atoms with Crippen LogP contribution in [0.4, 0.5) is 6.01 Å². The van der Waals surface area contributed by atoms with Crippen molar-refractivity contribution >= 4 is 18.2 Å². The molecule has 0 spiro atoms. The van der Waals surface area contributed by atoms with Crippen molar-refractivity contribution in [3.63, 3.8) is 0 Å². The zero-order valence-electron chi connectivity index (χ0n) is 14.1. The number of ether oxygens (including phenoxy) is 2. The molecule has 0 aliphatic heterocycles. The zero-order chi connectivity index (χ0) is 17.6. The van der Waals surface area contributed by atoms with E-state index >= 15 is 0 Å². The van der Waals surface area contributed by atoms with E-state index in [9.17, 15) is 0 Å². The van der Waals surface area contributed by atoms with Crippen molar-refractivity contribution in [1.29, 1.82) is 0 Å². The zero-order valence-corrected chi connectivity index (χ0v) is 14.1. The van der Waals surface area contributed by atoms with E-state index in [1.165, 1.54) is 5.56 Å². The SMILES string of the molecule is COc1ccc(/C=C/c2nnc(N)o2)cc1OCc1ccccc1C. The summed E-state index contributed by atoms with van der Waals surface area (Å²) >= 11 is 0. The Balaban J connectivity index is 1.78. The normalized spacial score (nSPS) is 11.0. The van der Waals surface area contributed by atoms with E-state index in [1.807, 2.05) is 42.5 Å². The van der Waals surface area contributed by atoms with Gasteiger partial charge in [-0.15, -0.1) is 5.10 Å². The van der Waals surface area contributed by atoms with Crippen LogP contribution < -0.4 is 15.2 Å². The van der Waals surface area contributed by atoms with Crippen LogP contribution in [0.25, 0.3) is 12.2 Å². The average molecular weight is 337 g/mol. The molecule has 0 aliphatic carbocycles. The van der Waals surface area contributed by atoms with Crippen molar-refractivity contribution in [3.8, 4) is 11.5 Å². The Labute approximate surface area is 145 Å². The molecule has 1 heterocycles. The number of nitrogens with two attached hydrogens (primary N) is 1. The highest BCUT2D eigenvalue weighted by atomic mass is 16.5. The second-order valence-corrected chi connectivity index (χ2v) is 5.44. The van der Waals surface area contributed by atoms with Crippen LogP contribution in [-0.4, -0.2) is 17.3 Å². The fourth-order valence-electron chi connectivity index (χ4n) is 2.32. The Morgan fingerprint density at radius 2 is 1.92 bits per heavy atom. The molecule has 0 amide bonds. The molecule has 25 heavy (non-hydrogen) atoms. The summed E-state index contributed by atoms with van der Waals surface area (Å²) in [5, 5.41) is 7.40. The maximum atomic E-state index is 5.96. The average Bonchev–Trinajstić information content (AvgIpc) is 3.04. The van der Waals surface area contributed by atoms with Crippen LogP contribution in [0.2, 0.25) is 0 Å². The molecule has 0 radical (unpaired) electrons. The van der Waals surface area contributed by atoms with E-state index in [0.717, 1.165) is 11.1 Å². The van der Waals surface area contributed by atoms with Crippen molar-refractivity contribution in [2.24, 2.45) is 0 Å². The van der Waals surface area contributed by atoms with E-state index in [1.54, 1.807) is 13.2 Å². The van der Waals surface area contributed by atoms with Crippen molar-refractivity contribution in [3.05, 3.63) is 65.0 Å². The van der Waals surface area contributed by atoms with Crippen molar-refractivity contribution in [2.45, 2.75) is 13.5 Å². The first kappa shape index (κ1) is 16.6. The molecule has 3 rings (SSSR count). The van der Waals surface area contributed by atoms with E-state index in [0.29, 0.717) is 24.0 Å². The molecule has 3 aromatic rings. The van der Waals surface area contributed by atoms with Crippen LogP contribution >= 0.6 is 0 Å². The van der Waals surface area contributed by atoms with Gasteiger partial charge in [-0.2, -0.15) is 0 Å². The van der Waals surface area contributed by atoms with Gasteiger partial charge in [0.15, 0.2) is 11.5 Å². The number of aromatic nitrogens is 2. The molecule has 0 saturated heterocycles. The van der Waals surface area contributed by atoms with Crippen LogP contribution in [0.3, 0.4) is 0 Å². The molecule has 0 bridgehead atoms. The number of aryl methyl sites for hydroxylation is 1. The molecule has 2 aromatic carbocycles. The molecule has 2 N–H and O–H groups in total. The Morgan fingerprint density at radius 1 is 1.08 bits per heavy atom. The van der Waals surface area contributed by atoms with E-state index in [4.69, 9.17) is 19.6 Å². The molecule has 0 aliphatic rings. The minimum atomic E-state index is 0.0386. The summed E-state index contributed by atoms with van der Waals surface area (Å²) in [6.45, 7) is 2.53. The highest BCUT2D eigenvalue weighted by Crippen LogP contribution is 2.29. The van der Waals surface area contributed by atoms with Gasteiger partial charge in [-0.05, 0) is 41.8 Å². The van der Waals surface area contributed by atoms with E-state index in [2.05, 4.69) is 23.2 Å². The molecule has 0 unspecified atom stereocenters. The summed E-state index contributed by atoms with van der Waals surface area (Å²) in [7, 11) is 1.62. The van der Waals surface area contributed by atoms with Gasteiger partial charge in [0.2, 0.25) is 5.89 Å². The number of nitrogen functional groups attached to an aromatic ring is 1. The summed E-state index contributed by atoms with van der Waals surface area (Å²) in [6.07, 6.45) is 3.53. The van der Waals surface area contributed by atoms with Crippen LogP contribution in [0.15, 0.2) is 46.9 Å². The first-order chi connectivity index (χ1) is 12.2. The number of rotatable bonds is 6. The molecule has 0 fully saturated rings. The Kier molecular flexibility index (Phi) is 4.99. The van der Waals surface area contributed by atoms with E-state index in [-0.39, 0.29) is 6.01 Å². The molecule has 0 saturated carbocycles. The molecular weight excluding hydrogens is 318 g/mol. The largest absolute Gasteiger partial charge is 0.493 e. The fraction of sp³-hybridized carbons (Fsp3) is 0.158. The van der Waals surface area contributed by atoms with Gasteiger partial charge in [-0.1, -0.05) is 35.4 Å². The first-order valence-electron chi connectivity index (χ1n) is 7.78. The summed E-state index contributed by atoms with van der Waals surface area (Å²) in [6, 6.07) is 13.8. The predicted molar refractivity (Wildman–Crippen MR) is 96.1 cm³/mol. The molecule has 0 atom stereocenters. The maximum absolute atomic E-state index is 5.96. The molecular formula is C19H19N3O3. The second kappa shape index (κ2) is 7.53. The smallest absolute Gasteiger partial charge is 0.313 e. The number of methoxy groups -OCH3 is 1. The van der Waals surface area contributed by atoms with Gasteiger partial charge in [0, 0.05) is 6.08 Å². The van der Waals surface area contributed by atoms with Gasteiger partial charge in [0.05, 0.1) is 7.11 Å². The van der Waals surface area contributed by atoms with Gasteiger partial charge in [-0.25, -0.2) is 0 Å². The van der Waals surface area contributed by atoms with Crippen LogP contribution in [-0.2, 0) is 6.61 Å². The third kappa shape index (κ3) is 4.17. The van der Waals surface area contributed by atoms with E-state index < -0.39 is 0 Å². The van der Waals surface area contributed by atoms with Gasteiger partial charge in [0.1, 0.15) is 6.61 Å². The van der Waals surface area contributed by atoms with Gasteiger partial charge in [-0.3, -0.25) is 0 Å². The number of benzene rings is 2.